The third-order valence-corrected chi connectivity index (χ3v) is 5.29. The van der Waals surface area contributed by atoms with Gasteiger partial charge in [-0.1, -0.05) is 11.8 Å². The number of ether oxygens (including phenoxy) is 2. The van der Waals surface area contributed by atoms with Crippen LogP contribution < -0.4 is 20.1 Å². The van der Waals surface area contributed by atoms with Crippen molar-refractivity contribution in [2.75, 3.05) is 17.9 Å². The summed E-state index contributed by atoms with van der Waals surface area (Å²) in [6.45, 7) is 5.97. The maximum absolute atomic E-state index is 12.1. The van der Waals surface area contributed by atoms with E-state index in [1.807, 2.05) is 20.8 Å². The van der Waals surface area contributed by atoms with E-state index in [2.05, 4.69) is 25.7 Å². The summed E-state index contributed by atoms with van der Waals surface area (Å²) in [5, 5.41) is 9.63. The number of rotatable bonds is 4. The summed E-state index contributed by atoms with van der Waals surface area (Å²) >= 11 is 1.13. The number of nitrogens with zero attached hydrogens (tertiary/aromatic N) is 4. The van der Waals surface area contributed by atoms with Crippen LogP contribution in [0.5, 0.6) is 11.5 Å². The second kappa shape index (κ2) is 7.59. The number of urea groups is 1. The molecule has 2 N–H and O–H groups in total. The molecule has 1 aromatic carbocycles. The normalized spacial score (nSPS) is 12.2. The first-order chi connectivity index (χ1) is 13.9. The fraction of sp³-hybridized carbons (Fsp3) is 0.278. The van der Waals surface area contributed by atoms with E-state index in [-0.39, 0.29) is 12.5 Å². The van der Waals surface area contributed by atoms with Gasteiger partial charge in [-0.3, -0.25) is 10.1 Å². The maximum atomic E-state index is 12.1. The topological polar surface area (TPSA) is 120 Å². The molecule has 3 amide bonds. The number of benzene rings is 1. The zero-order chi connectivity index (χ0) is 20.5. The second-order valence-electron chi connectivity index (χ2n) is 6.37. The molecule has 0 saturated heterocycles. The zero-order valence-electron chi connectivity index (χ0n) is 16.0. The molecule has 3 heterocycles. The van der Waals surface area contributed by atoms with Gasteiger partial charge >= 0.3 is 6.03 Å². The number of fused-ring (bicyclic) bond motifs is 2. The summed E-state index contributed by atoms with van der Waals surface area (Å²) in [4.78, 5) is 32.8. The fourth-order valence-electron chi connectivity index (χ4n) is 2.73. The Morgan fingerprint density at radius 2 is 1.97 bits per heavy atom. The molecular weight excluding hydrogens is 396 g/mol. The Morgan fingerprint density at radius 1 is 1.17 bits per heavy atom. The van der Waals surface area contributed by atoms with Gasteiger partial charge in [0.15, 0.2) is 11.5 Å². The first kappa shape index (κ1) is 19.0. The number of hydrogen-bond donors (Lipinski definition) is 2. The lowest BCUT2D eigenvalue weighted by Gasteiger charge is -2.07. The van der Waals surface area contributed by atoms with Crippen LogP contribution in [0.25, 0.3) is 5.78 Å². The molecule has 29 heavy (non-hydrogen) atoms. The quantitative estimate of drug-likeness (QED) is 0.624. The van der Waals surface area contributed by atoms with Crippen molar-refractivity contribution >= 4 is 35.2 Å². The van der Waals surface area contributed by atoms with Gasteiger partial charge in [0, 0.05) is 23.1 Å². The van der Waals surface area contributed by atoms with E-state index in [4.69, 9.17) is 9.47 Å². The van der Waals surface area contributed by atoms with Gasteiger partial charge in [0.05, 0.1) is 5.75 Å². The van der Waals surface area contributed by atoms with Crippen molar-refractivity contribution < 1.29 is 19.1 Å². The lowest BCUT2D eigenvalue weighted by molar-refractivity contribution is -0.117. The molecule has 0 spiro atoms. The Hall–Kier alpha value is -3.34. The summed E-state index contributed by atoms with van der Waals surface area (Å²) in [7, 11) is 0. The standard InChI is InChI=1S/C18H18N6O4S/c1-9-10(2)19-16-22-18(23-24(16)11(9)3)29-7-15(25)21-17(26)20-12-4-5-13-14(6-12)28-8-27-13/h4-6H,7-8H2,1-3H3,(H2,20,21,25,26). The van der Waals surface area contributed by atoms with Crippen LogP contribution in [0.1, 0.15) is 17.0 Å². The average molecular weight is 414 g/mol. The number of imide groups is 1. The summed E-state index contributed by atoms with van der Waals surface area (Å²) in [6.07, 6.45) is 0. The number of aromatic nitrogens is 4. The van der Waals surface area contributed by atoms with Crippen LogP contribution in [0.2, 0.25) is 0 Å². The highest BCUT2D eigenvalue weighted by atomic mass is 32.2. The van der Waals surface area contributed by atoms with Gasteiger partial charge in [0.1, 0.15) is 0 Å². The molecule has 4 rings (SSSR count). The summed E-state index contributed by atoms with van der Waals surface area (Å²) < 4.78 is 12.1. The van der Waals surface area contributed by atoms with Crippen molar-refractivity contribution in [3.05, 3.63) is 35.2 Å². The van der Waals surface area contributed by atoms with Crippen LogP contribution in [0.4, 0.5) is 10.5 Å². The van der Waals surface area contributed by atoms with Gasteiger partial charge < -0.3 is 14.8 Å². The fourth-order valence-corrected chi connectivity index (χ4v) is 3.35. The van der Waals surface area contributed by atoms with Crippen LogP contribution >= 0.6 is 11.8 Å². The number of hydrogen-bond acceptors (Lipinski definition) is 8. The Morgan fingerprint density at radius 3 is 2.79 bits per heavy atom. The molecule has 0 fully saturated rings. The smallest absolute Gasteiger partial charge is 0.325 e. The van der Waals surface area contributed by atoms with Crippen molar-refractivity contribution in [1.82, 2.24) is 24.9 Å². The summed E-state index contributed by atoms with van der Waals surface area (Å²) in [5.41, 5.74) is 3.36. The monoisotopic (exact) mass is 414 g/mol. The van der Waals surface area contributed by atoms with E-state index in [1.165, 1.54) is 0 Å². The molecule has 1 aliphatic rings. The van der Waals surface area contributed by atoms with Gasteiger partial charge in [0.2, 0.25) is 17.9 Å². The summed E-state index contributed by atoms with van der Waals surface area (Å²) in [6, 6.07) is 4.33. The maximum Gasteiger partial charge on any atom is 0.325 e. The molecular formula is C18H18N6O4S. The number of amides is 3. The van der Waals surface area contributed by atoms with Crippen LogP contribution in [-0.2, 0) is 4.79 Å². The molecule has 150 valence electrons. The van der Waals surface area contributed by atoms with E-state index in [0.29, 0.717) is 28.1 Å². The van der Waals surface area contributed by atoms with Gasteiger partial charge in [-0.25, -0.2) is 14.3 Å². The van der Waals surface area contributed by atoms with Gasteiger partial charge in [-0.05, 0) is 38.5 Å². The molecule has 0 saturated carbocycles. The predicted molar refractivity (Wildman–Crippen MR) is 105 cm³/mol. The zero-order valence-corrected chi connectivity index (χ0v) is 16.8. The molecule has 0 radical (unpaired) electrons. The first-order valence-corrected chi connectivity index (χ1v) is 9.73. The highest BCUT2D eigenvalue weighted by molar-refractivity contribution is 7.99. The summed E-state index contributed by atoms with van der Waals surface area (Å²) in [5.74, 6) is 1.15. The molecule has 0 bridgehead atoms. The van der Waals surface area contributed by atoms with Crippen molar-refractivity contribution in [3.63, 3.8) is 0 Å². The third-order valence-electron chi connectivity index (χ3n) is 4.46. The minimum absolute atomic E-state index is 0.0115. The molecule has 0 atom stereocenters. The van der Waals surface area contributed by atoms with Gasteiger partial charge in [0.25, 0.3) is 5.78 Å². The molecule has 0 unspecified atom stereocenters. The Kier molecular flexibility index (Phi) is 4.97. The Labute approximate surface area is 170 Å². The van der Waals surface area contributed by atoms with E-state index < -0.39 is 11.9 Å². The van der Waals surface area contributed by atoms with Gasteiger partial charge in [-0.2, -0.15) is 4.98 Å². The minimum atomic E-state index is -0.638. The molecule has 1 aliphatic heterocycles. The van der Waals surface area contributed by atoms with Crippen molar-refractivity contribution in [2.24, 2.45) is 0 Å². The number of nitrogens with one attached hydrogen (secondary N) is 2. The third kappa shape index (κ3) is 3.94. The number of thioether (sulfide) groups is 1. The largest absolute Gasteiger partial charge is 0.454 e. The SMILES string of the molecule is Cc1nc2nc(SCC(=O)NC(=O)Nc3ccc4c(c3)OCO4)nn2c(C)c1C. The van der Waals surface area contributed by atoms with Gasteiger partial charge in [-0.15, -0.1) is 5.10 Å². The Bertz CT molecular complexity index is 1130. The number of carbonyl (C=O) groups is 2. The van der Waals surface area contributed by atoms with E-state index in [1.54, 1.807) is 22.7 Å². The van der Waals surface area contributed by atoms with Crippen molar-refractivity contribution in [2.45, 2.75) is 25.9 Å². The highest BCUT2D eigenvalue weighted by Crippen LogP contribution is 2.34. The minimum Gasteiger partial charge on any atom is -0.454 e. The van der Waals surface area contributed by atoms with Crippen LogP contribution in [0.15, 0.2) is 23.4 Å². The second-order valence-corrected chi connectivity index (χ2v) is 7.32. The number of carbonyl (C=O) groups excluding carboxylic acids is 2. The molecule has 2 aromatic heterocycles. The van der Waals surface area contributed by atoms with Crippen LogP contribution in [0, 0.1) is 20.8 Å². The molecule has 11 heteroatoms. The average Bonchev–Trinajstić information content (AvgIpc) is 3.30. The molecule has 10 nitrogen and oxygen atoms in total. The van der Waals surface area contributed by atoms with Crippen LogP contribution in [-0.4, -0.2) is 44.1 Å². The Balaban J connectivity index is 1.33. The van der Waals surface area contributed by atoms with Crippen molar-refractivity contribution in [1.29, 1.82) is 0 Å². The van der Waals surface area contributed by atoms with E-state index in [0.717, 1.165) is 28.7 Å². The van der Waals surface area contributed by atoms with E-state index in [9.17, 15) is 9.59 Å². The van der Waals surface area contributed by atoms with E-state index >= 15 is 0 Å². The lowest BCUT2D eigenvalue weighted by atomic mass is 10.2. The van der Waals surface area contributed by atoms with Crippen LogP contribution in [0.3, 0.4) is 0 Å². The highest BCUT2D eigenvalue weighted by Gasteiger charge is 2.16. The lowest BCUT2D eigenvalue weighted by Crippen LogP contribution is -2.35. The number of anilines is 1. The molecule has 0 aliphatic carbocycles. The number of aryl methyl sites for hydroxylation is 2. The molecule has 3 aromatic rings. The van der Waals surface area contributed by atoms with Crippen molar-refractivity contribution in [3.8, 4) is 11.5 Å². The first-order valence-electron chi connectivity index (χ1n) is 8.74. The predicted octanol–water partition coefficient (Wildman–Crippen LogP) is 2.22.